The molecule has 0 fully saturated rings. The van der Waals surface area contributed by atoms with Gasteiger partial charge in [0, 0.05) is 49.8 Å². The number of anilines is 1. The molecule has 0 saturated carbocycles. The first-order valence-corrected chi connectivity index (χ1v) is 10.6. The van der Waals surface area contributed by atoms with E-state index in [-0.39, 0.29) is 11.8 Å². The van der Waals surface area contributed by atoms with E-state index in [9.17, 15) is 22.8 Å². The summed E-state index contributed by atoms with van der Waals surface area (Å²) in [5.41, 5.74) is 2.12. The van der Waals surface area contributed by atoms with Crippen molar-refractivity contribution in [2.45, 2.75) is 19.3 Å². The fourth-order valence-electron chi connectivity index (χ4n) is 3.47. The van der Waals surface area contributed by atoms with Gasteiger partial charge in [0.25, 0.3) is 11.8 Å². The highest BCUT2D eigenvalue weighted by Gasteiger charge is 2.38. The second-order valence-corrected chi connectivity index (χ2v) is 8.18. The maximum Gasteiger partial charge on any atom is 0.490 e. The summed E-state index contributed by atoms with van der Waals surface area (Å²) in [4.78, 5) is 37.9. The molecule has 13 heteroatoms. The minimum absolute atomic E-state index is 0.0838. The number of amides is 2. The van der Waals surface area contributed by atoms with Crippen LogP contribution < -0.4 is 5.32 Å². The highest BCUT2D eigenvalue weighted by atomic mass is 19.4. The van der Waals surface area contributed by atoms with Crippen molar-refractivity contribution in [2.75, 3.05) is 39.5 Å². The Labute approximate surface area is 198 Å². The second-order valence-electron chi connectivity index (χ2n) is 8.18. The van der Waals surface area contributed by atoms with Crippen LogP contribution in [0.2, 0.25) is 0 Å². The second kappa shape index (κ2) is 10.2. The van der Waals surface area contributed by atoms with E-state index in [4.69, 9.17) is 9.90 Å². The van der Waals surface area contributed by atoms with Crippen molar-refractivity contribution in [1.82, 2.24) is 24.1 Å². The molecule has 1 aliphatic heterocycles. The lowest BCUT2D eigenvalue weighted by molar-refractivity contribution is -0.192. The van der Waals surface area contributed by atoms with Crippen molar-refractivity contribution in [2.24, 2.45) is 0 Å². The average molecular weight is 494 g/mol. The molecule has 0 spiro atoms. The van der Waals surface area contributed by atoms with Crippen molar-refractivity contribution in [3.8, 4) is 0 Å². The fraction of sp³-hybridized carbons (Fsp3) is 0.364. The molecule has 2 N–H and O–H groups in total. The molecule has 3 aromatic rings. The van der Waals surface area contributed by atoms with Gasteiger partial charge < -0.3 is 24.8 Å². The van der Waals surface area contributed by atoms with Crippen molar-refractivity contribution in [1.29, 1.82) is 0 Å². The summed E-state index contributed by atoms with van der Waals surface area (Å²) in [6.45, 7) is 2.90. The number of alkyl halides is 3. The van der Waals surface area contributed by atoms with Crippen molar-refractivity contribution < 1.29 is 32.7 Å². The molecule has 2 aromatic heterocycles. The minimum Gasteiger partial charge on any atom is -0.475 e. The Hall–Kier alpha value is -3.87. The smallest absolute Gasteiger partial charge is 0.475 e. The zero-order valence-electron chi connectivity index (χ0n) is 19.3. The third kappa shape index (κ3) is 5.98. The molecule has 3 heterocycles. The summed E-state index contributed by atoms with van der Waals surface area (Å²) in [7, 11) is 5.82. The molecule has 0 unspecified atom stereocenters. The van der Waals surface area contributed by atoms with Gasteiger partial charge in [0.15, 0.2) is 5.82 Å². The lowest BCUT2D eigenvalue weighted by Crippen LogP contribution is -2.37. The number of carboxylic acids is 1. The average Bonchev–Trinajstić information content (AvgIpc) is 3.36. The molecule has 0 bridgehead atoms. The van der Waals surface area contributed by atoms with Gasteiger partial charge in [-0.1, -0.05) is 18.2 Å². The van der Waals surface area contributed by atoms with Crippen LogP contribution in [0, 0.1) is 0 Å². The minimum atomic E-state index is -5.08. The van der Waals surface area contributed by atoms with Gasteiger partial charge in [0.1, 0.15) is 5.69 Å². The largest absolute Gasteiger partial charge is 0.490 e. The molecular formula is C22H25F3N6O4. The predicted molar refractivity (Wildman–Crippen MR) is 121 cm³/mol. The van der Waals surface area contributed by atoms with Gasteiger partial charge >= 0.3 is 12.1 Å². The van der Waals surface area contributed by atoms with Crippen LogP contribution >= 0.6 is 0 Å². The molecule has 0 radical (unpaired) electrons. The van der Waals surface area contributed by atoms with Crippen LogP contribution in [0.1, 0.15) is 20.8 Å². The van der Waals surface area contributed by atoms with Crippen LogP contribution in [0.3, 0.4) is 0 Å². The maximum absolute atomic E-state index is 13.0. The molecule has 35 heavy (non-hydrogen) atoms. The van der Waals surface area contributed by atoms with Crippen LogP contribution in [-0.2, 0) is 17.9 Å². The van der Waals surface area contributed by atoms with Crippen LogP contribution in [0.5, 0.6) is 0 Å². The van der Waals surface area contributed by atoms with Gasteiger partial charge in [-0.25, -0.2) is 4.79 Å². The number of para-hydroxylation sites is 1. The number of aliphatic carboxylic acids is 1. The van der Waals surface area contributed by atoms with Crippen molar-refractivity contribution in [3.63, 3.8) is 0 Å². The molecule has 1 aromatic carbocycles. The van der Waals surface area contributed by atoms with E-state index >= 15 is 0 Å². The van der Waals surface area contributed by atoms with E-state index in [0.29, 0.717) is 30.2 Å². The number of fused-ring (bicyclic) bond motifs is 2. The summed E-state index contributed by atoms with van der Waals surface area (Å²) in [5.74, 6) is -2.67. The number of carboxylic acid groups (broad SMARTS) is 1. The first kappa shape index (κ1) is 25.7. The van der Waals surface area contributed by atoms with Crippen LogP contribution in [0.25, 0.3) is 10.9 Å². The molecule has 10 nitrogen and oxygen atoms in total. The molecule has 0 atom stereocenters. The normalized spacial score (nSPS) is 13.5. The Morgan fingerprint density at radius 2 is 1.86 bits per heavy atom. The summed E-state index contributed by atoms with van der Waals surface area (Å²) >= 11 is 0. The van der Waals surface area contributed by atoms with Crippen molar-refractivity contribution >= 4 is 34.5 Å². The number of rotatable bonds is 5. The summed E-state index contributed by atoms with van der Waals surface area (Å²) in [6, 6.07) is 9.51. The number of carbonyl (C=O) groups excluding carboxylic acids is 2. The van der Waals surface area contributed by atoms with Gasteiger partial charge in [0.2, 0.25) is 0 Å². The molecule has 0 saturated heterocycles. The van der Waals surface area contributed by atoms with Gasteiger partial charge in [0.05, 0.1) is 12.1 Å². The Bertz CT molecular complexity index is 1250. The summed E-state index contributed by atoms with van der Waals surface area (Å²) in [6.07, 6.45) is -3.20. The number of nitrogens with one attached hydrogen (secondary N) is 1. The predicted octanol–water partition coefficient (Wildman–Crippen LogP) is 2.37. The quantitative estimate of drug-likeness (QED) is 0.563. The first-order chi connectivity index (χ1) is 16.4. The van der Waals surface area contributed by atoms with Crippen LogP contribution in [-0.4, -0.2) is 87.4 Å². The van der Waals surface area contributed by atoms with E-state index in [2.05, 4.69) is 19.9 Å². The summed E-state index contributed by atoms with van der Waals surface area (Å²) < 4.78 is 35.5. The topological polar surface area (TPSA) is 113 Å². The Balaban J connectivity index is 0.000000429. The zero-order valence-corrected chi connectivity index (χ0v) is 19.3. The summed E-state index contributed by atoms with van der Waals surface area (Å²) in [5, 5.41) is 15.3. The number of likely N-dealkylation sites (N-methyl/N-ethyl adjacent to an activating group) is 2. The Morgan fingerprint density at radius 1 is 1.20 bits per heavy atom. The van der Waals surface area contributed by atoms with E-state index in [1.807, 2.05) is 44.6 Å². The van der Waals surface area contributed by atoms with E-state index < -0.39 is 12.1 Å². The molecule has 2 amide bonds. The first-order valence-electron chi connectivity index (χ1n) is 10.6. The molecule has 4 rings (SSSR count). The Morgan fingerprint density at radius 3 is 2.49 bits per heavy atom. The standard InChI is InChI=1S/C20H24N6O2.C2HF3O2/c1-23(2)8-10-25-13-15(14-6-4-5-7-16(14)25)19(27)21-18-12-17-20(28)24(3)9-11-26(17)22-18;3-2(4,5)1(6)7/h4-7,12-13H,8-11H2,1-3H3,(H,21,22,27);(H,6,7). The lowest BCUT2D eigenvalue weighted by Gasteiger charge is -2.22. The molecule has 0 aliphatic carbocycles. The van der Waals surface area contributed by atoms with E-state index in [1.165, 1.54) is 0 Å². The van der Waals surface area contributed by atoms with Gasteiger partial charge in [-0.05, 0) is 20.2 Å². The molecular weight excluding hydrogens is 469 g/mol. The highest BCUT2D eigenvalue weighted by Crippen LogP contribution is 2.23. The van der Waals surface area contributed by atoms with Gasteiger partial charge in [-0.15, -0.1) is 0 Å². The van der Waals surface area contributed by atoms with Crippen molar-refractivity contribution in [3.05, 3.63) is 47.8 Å². The van der Waals surface area contributed by atoms with E-state index in [0.717, 1.165) is 24.0 Å². The molecule has 1 aliphatic rings. The monoisotopic (exact) mass is 494 g/mol. The maximum atomic E-state index is 13.0. The SMILES string of the molecule is CN(C)CCn1cc(C(=O)Nc2cc3n(n2)CCN(C)C3=O)c2ccccc21.O=C(O)C(F)(F)F. The number of carbonyl (C=O) groups is 3. The third-order valence-corrected chi connectivity index (χ3v) is 5.30. The number of benzene rings is 1. The van der Waals surface area contributed by atoms with Crippen LogP contribution in [0.4, 0.5) is 19.0 Å². The molecule has 188 valence electrons. The zero-order chi connectivity index (χ0) is 25.9. The highest BCUT2D eigenvalue weighted by molar-refractivity contribution is 6.13. The Kier molecular flexibility index (Phi) is 7.48. The van der Waals surface area contributed by atoms with E-state index in [1.54, 1.807) is 22.7 Å². The van der Waals surface area contributed by atoms with Gasteiger partial charge in [-0.3, -0.25) is 14.3 Å². The number of hydrogen-bond donors (Lipinski definition) is 2. The fourth-order valence-corrected chi connectivity index (χ4v) is 3.47. The van der Waals surface area contributed by atoms with Crippen LogP contribution in [0.15, 0.2) is 36.5 Å². The number of halogens is 3. The number of nitrogens with zero attached hydrogens (tertiary/aromatic N) is 5. The third-order valence-electron chi connectivity index (χ3n) is 5.30. The lowest BCUT2D eigenvalue weighted by atomic mass is 10.1. The van der Waals surface area contributed by atoms with Gasteiger partial charge in [-0.2, -0.15) is 18.3 Å². The number of hydrogen-bond acceptors (Lipinski definition) is 5. The number of aromatic nitrogens is 3.